The zero-order valence-corrected chi connectivity index (χ0v) is 15.2. The van der Waals surface area contributed by atoms with Gasteiger partial charge in [0.2, 0.25) is 10.0 Å². The van der Waals surface area contributed by atoms with Crippen LogP contribution >= 0.6 is 0 Å². The summed E-state index contributed by atoms with van der Waals surface area (Å²) < 4.78 is 28.5. The number of aliphatic carboxylic acids is 1. The molecule has 2 aromatic carbocycles. The molecular weight excluding hydrogens is 338 g/mol. The summed E-state index contributed by atoms with van der Waals surface area (Å²) >= 11 is 0. The Kier molecular flexibility index (Phi) is 6.33. The lowest BCUT2D eigenvalue weighted by molar-refractivity contribution is -0.137. The number of aryl methyl sites for hydroxylation is 2. The van der Waals surface area contributed by atoms with Crippen LogP contribution in [-0.2, 0) is 27.7 Å². The van der Waals surface area contributed by atoms with E-state index in [1.165, 1.54) is 0 Å². The second-order valence-corrected chi connectivity index (χ2v) is 7.51. The number of rotatable bonds is 8. The summed E-state index contributed by atoms with van der Waals surface area (Å²) in [6.45, 7) is 3.86. The van der Waals surface area contributed by atoms with Gasteiger partial charge in [-0.25, -0.2) is 13.1 Å². The summed E-state index contributed by atoms with van der Waals surface area (Å²) in [6, 6.07) is 13.4. The van der Waals surface area contributed by atoms with Gasteiger partial charge in [0.15, 0.2) is 0 Å². The molecule has 0 fully saturated rings. The van der Waals surface area contributed by atoms with Gasteiger partial charge in [-0.05, 0) is 35.6 Å². The quantitative estimate of drug-likeness (QED) is 0.756. The predicted molar refractivity (Wildman–Crippen MR) is 97.0 cm³/mol. The van der Waals surface area contributed by atoms with Crippen molar-refractivity contribution in [3.63, 3.8) is 0 Å². The molecule has 0 radical (unpaired) electrons. The molecule has 6 heteroatoms. The van der Waals surface area contributed by atoms with Crippen molar-refractivity contribution in [2.45, 2.75) is 44.0 Å². The maximum atomic E-state index is 12.9. The zero-order valence-electron chi connectivity index (χ0n) is 14.4. The van der Waals surface area contributed by atoms with Crippen molar-refractivity contribution < 1.29 is 18.3 Å². The molecule has 0 aliphatic rings. The lowest BCUT2D eigenvalue weighted by atomic mass is 10.1. The minimum absolute atomic E-state index is 0.223. The second kappa shape index (κ2) is 8.27. The first kappa shape index (κ1) is 19.1. The number of carboxylic acid groups (broad SMARTS) is 1. The summed E-state index contributed by atoms with van der Waals surface area (Å²) in [5.74, 6) is -1.06. The van der Waals surface area contributed by atoms with Crippen LogP contribution in [0.5, 0.6) is 0 Å². The van der Waals surface area contributed by atoms with Gasteiger partial charge in [0.25, 0.3) is 0 Å². The molecule has 0 heterocycles. The molecule has 0 aliphatic carbocycles. The third kappa shape index (κ3) is 4.90. The maximum absolute atomic E-state index is 12.9. The molecule has 0 saturated carbocycles. The molecular formula is C19H23NO4S. The van der Waals surface area contributed by atoms with Gasteiger partial charge in [-0.3, -0.25) is 4.79 Å². The van der Waals surface area contributed by atoms with Crippen LogP contribution in [0.2, 0.25) is 0 Å². The number of carbonyl (C=O) groups is 1. The van der Waals surface area contributed by atoms with Gasteiger partial charge in [0.1, 0.15) is 0 Å². The molecule has 0 aromatic heterocycles. The number of nitrogens with one attached hydrogen (secondary N) is 1. The fourth-order valence-corrected chi connectivity index (χ4v) is 4.28. The van der Waals surface area contributed by atoms with Crippen molar-refractivity contribution in [2.24, 2.45) is 0 Å². The molecule has 2 rings (SSSR count). The van der Waals surface area contributed by atoms with E-state index in [1.54, 1.807) is 36.4 Å². The molecule has 0 unspecified atom stereocenters. The van der Waals surface area contributed by atoms with E-state index in [9.17, 15) is 13.2 Å². The van der Waals surface area contributed by atoms with Crippen molar-refractivity contribution in [2.75, 3.05) is 0 Å². The number of carboxylic acids is 1. The second-order valence-electron chi connectivity index (χ2n) is 5.83. The summed E-state index contributed by atoms with van der Waals surface area (Å²) in [7, 11) is -3.84. The van der Waals surface area contributed by atoms with Crippen LogP contribution in [0.4, 0.5) is 0 Å². The van der Waals surface area contributed by atoms with E-state index in [2.05, 4.69) is 4.72 Å². The molecule has 2 N–H and O–H groups in total. The molecule has 0 amide bonds. The van der Waals surface area contributed by atoms with Gasteiger partial charge in [-0.15, -0.1) is 0 Å². The zero-order chi connectivity index (χ0) is 18.4. The van der Waals surface area contributed by atoms with Crippen molar-refractivity contribution in [1.82, 2.24) is 4.72 Å². The Morgan fingerprint density at radius 3 is 2.32 bits per heavy atom. The van der Waals surface area contributed by atoms with E-state index in [1.807, 2.05) is 26.0 Å². The van der Waals surface area contributed by atoms with E-state index in [4.69, 9.17) is 5.11 Å². The lowest BCUT2D eigenvalue weighted by Gasteiger charge is -2.19. The highest BCUT2D eigenvalue weighted by Gasteiger charge is 2.25. The van der Waals surface area contributed by atoms with Crippen molar-refractivity contribution in [3.05, 3.63) is 65.2 Å². The summed E-state index contributed by atoms with van der Waals surface area (Å²) in [5.41, 5.74) is 2.26. The summed E-state index contributed by atoms with van der Waals surface area (Å²) in [6.07, 6.45) is 0.983. The summed E-state index contributed by atoms with van der Waals surface area (Å²) in [4.78, 5) is 11.4. The Bertz CT molecular complexity index is 832. The first-order valence-electron chi connectivity index (χ1n) is 8.28. The lowest BCUT2D eigenvalue weighted by Crippen LogP contribution is -2.31. The maximum Gasteiger partial charge on any atom is 0.305 e. The van der Waals surface area contributed by atoms with E-state index >= 15 is 0 Å². The van der Waals surface area contributed by atoms with Gasteiger partial charge >= 0.3 is 5.97 Å². The predicted octanol–water partition coefficient (Wildman–Crippen LogP) is 3.31. The Balaban J connectivity index is 2.42. The Morgan fingerprint density at radius 2 is 1.76 bits per heavy atom. The molecule has 0 saturated heterocycles. The van der Waals surface area contributed by atoms with Gasteiger partial charge in [-0.1, -0.05) is 56.3 Å². The Labute approximate surface area is 148 Å². The van der Waals surface area contributed by atoms with Crippen LogP contribution in [0, 0.1) is 0 Å². The average molecular weight is 361 g/mol. The molecule has 2 aromatic rings. The van der Waals surface area contributed by atoms with E-state index in [0.717, 1.165) is 12.0 Å². The van der Waals surface area contributed by atoms with Gasteiger partial charge in [-0.2, -0.15) is 0 Å². The molecule has 5 nitrogen and oxygen atoms in total. The fourth-order valence-electron chi connectivity index (χ4n) is 2.70. The van der Waals surface area contributed by atoms with Crippen LogP contribution in [0.3, 0.4) is 0 Å². The fraction of sp³-hybridized carbons (Fsp3) is 0.316. The standard InChI is InChI=1S/C19H23NO4S/c1-3-14-10-11-15(4-2)18(12-14)25(23,24)20-17(13-19(21)22)16-8-6-5-7-9-16/h5-12,17,20H,3-4,13H2,1-2H3,(H,21,22)/t17-/m1/s1. The minimum atomic E-state index is -3.84. The molecule has 1 atom stereocenters. The smallest absolute Gasteiger partial charge is 0.305 e. The molecule has 0 aliphatic heterocycles. The van der Waals surface area contributed by atoms with Crippen LogP contribution in [-0.4, -0.2) is 19.5 Å². The monoisotopic (exact) mass is 361 g/mol. The largest absolute Gasteiger partial charge is 0.481 e. The third-order valence-electron chi connectivity index (χ3n) is 4.09. The normalized spacial score (nSPS) is 12.7. The van der Waals surface area contributed by atoms with Gasteiger partial charge in [0, 0.05) is 0 Å². The highest BCUT2D eigenvalue weighted by molar-refractivity contribution is 7.89. The number of benzene rings is 2. The molecule has 0 spiro atoms. The Hall–Kier alpha value is -2.18. The minimum Gasteiger partial charge on any atom is -0.481 e. The molecule has 25 heavy (non-hydrogen) atoms. The molecule has 134 valence electrons. The number of hydrogen-bond acceptors (Lipinski definition) is 3. The summed E-state index contributed by atoms with van der Waals surface area (Å²) in [5, 5.41) is 9.16. The first-order chi connectivity index (χ1) is 11.9. The highest BCUT2D eigenvalue weighted by Crippen LogP contribution is 2.24. The van der Waals surface area contributed by atoms with Gasteiger partial charge < -0.3 is 5.11 Å². The van der Waals surface area contributed by atoms with E-state index in [-0.39, 0.29) is 11.3 Å². The number of sulfonamides is 1. The van der Waals surface area contributed by atoms with Crippen LogP contribution in [0.25, 0.3) is 0 Å². The van der Waals surface area contributed by atoms with E-state index < -0.39 is 22.0 Å². The van der Waals surface area contributed by atoms with Crippen LogP contribution in [0.1, 0.15) is 43.0 Å². The number of hydrogen-bond donors (Lipinski definition) is 2. The van der Waals surface area contributed by atoms with Crippen molar-refractivity contribution in [1.29, 1.82) is 0 Å². The first-order valence-corrected chi connectivity index (χ1v) is 9.76. The topological polar surface area (TPSA) is 83.5 Å². The SMILES string of the molecule is CCc1ccc(CC)c(S(=O)(=O)N[C@H](CC(=O)O)c2ccccc2)c1. The van der Waals surface area contributed by atoms with E-state index in [0.29, 0.717) is 17.5 Å². The van der Waals surface area contributed by atoms with Gasteiger partial charge in [0.05, 0.1) is 17.4 Å². The van der Waals surface area contributed by atoms with Crippen molar-refractivity contribution in [3.8, 4) is 0 Å². The average Bonchev–Trinajstić information content (AvgIpc) is 2.60. The highest BCUT2D eigenvalue weighted by atomic mass is 32.2. The van der Waals surface area contributed by atoms with Crippen LogP contribution < -0.4 is 4.72 Å². The Morgan fingerprint density at radius 1 is 1.08 bits per heavy atom. The van der Waals surface area contributed by atoms with Crippen LogP contribution in [0.15, 0.2) is 53.4 Å². The third-order valence-corrected chi connectivity index (χ3v) is 5.64. The molecule has 0 bridgehead atoms. The van der Waals surface area contributed by atoms with Crippen molar-refractivity contribution >= 4 is 16.0 Å².